The topological polar surface area (TPSA) is 55.2 Å². The lowest BCUT2D eigenvalue weighted by atomic mass is 10.1. The van der Waals surface area contributed by atoms with Crippen LogP contribution in [0.2, 0.25) is 0 Å². The molecule has 0 spiro atoms. The van der Waals surface area contributed by atoms with E-state index >= 15 is 0 Å². The Bertz CT molecular complexity index is 421. The van der Waals surface area contributed by atoms with Crippen LogP contribution in [-0.4, -0.2) is 12.0 Å². The van der Waals surface area contributed by atoms with Gasteiger partial charge in [-0.25, -0.2) is 4.39 Å². The molecule has 0 saturated heterocycles. The minimum absolute atomic E-state index is 0.270. The Labute approximate surface area is 94.1 Å². The maximum atomic E-state index is 12.9. The average Bonchev–Trinajstić information content (AvgIpc) is 2.15. The molecule has 1 aromatic carbocycles. The molecule has 1 rings (SSSR count). The second-order valence-corrected chi connectivity index (χ2v) is 3.55. The van der Waals surface area contributed by atoms with E-state index in [1.165, 1.54) is 18.3 Å². The molecule has 0 saturated carbocycles. The molecule has 0 heterocycles. The predicted octanol–water partition coefficient (Wildman–Crippen LogP) is 2.69. The van der Waals surface area contributed by atoms with Crippen molar-refractivity contribution in [1.82, 2.24) is 5.32 Å². The zero-order chi connectivity index (χ0) is 11.4. The van der Waals surface area contributed by atoms with Gasteiger partial charge >= 0.3 is 0 Å². The van der Waals surface area contributed by atoms with E-state index in [0.717, 1.165) is 6.07 Å². The lowest BCUT2D eigenvalue weighted by Crippen LogP contribution is -1.96. The number of nitrogens with zero attached hydrogens (tertiary/aromatic N) is 1. The van der Waals surface area contributed by atoms with Gasteiger partial charge in [0.25, 0.3) is 5.69 Å². The molecule has 80 valence electrons. The second kappa shape index (κ2) is 4.88. The van der Waals surface area contributed by atoms with Crippen LogP contribution in [0.3, 0.4) is 0 Å². The van der Waals surface area contributed by atoms with E-state index in [4.69, 9.17) is 0 Å². The fourth-order valence-electron chi connectivity index (χ4n) is 1.05. The molecule has 1 aromatic rings. The highest BCUT2D eigenvalue weighted by Crippen LogP contribution is 2.29. The van der Waals surface area contributed by atoms with Crippen LogP contribution < -0.4 is 5.32 Å². The van der Waals surface area contributed by atoms with Crippen LogP contribution in [0, 0.1) is 15.9 Å². The first-order valence-corrected chi connectivity index (χ1v) is 4.83. The van der Waals surface area contributed by atoms with Gasteiger partial charge in [0.15, 0.2) is 0 Å². The number of benzene rings is 1. The van der Waals surface area contributed by atoms with E-state index in [-0.39, 0.29) is 5.69 Å². The molecule has 15 heavy (non-hydrogen) atoms. The smallest absolute Gasteiger partial charge is 0.280 e. The van der Waals surface area contributed by atoms with Crippen molar-refractivity contribution in [3.05, 3.63) is 44.3 Å². The van der Waals surface area contributed by atoms with Gasteiger partial charge in [0.1, 0.15) is 5.82 Å². The monoisotopic (exact) mass is 274 g/mol. The first-order chi connectivity index (χ1) is 7.06. The van der Waals surface area contributed by atoms with Crippen molar-refractivity contribution in [1.29, 1.82) is 0 Å². The standard InChI is InChI=1S/C9H8BrFN2O2/c1-12-3-2-7-8(10)4-6(11)5-9(7)13(14)15/h2-5,12H,1H3/b3-2+. The summed E-state index contributed by atoms with van der Waals surface area (Å²) >= 11 is 3.07. The Balaban J connectivity index is 3.33. The van der Waals surface area contributed by atoms with Gasteiger partial charge in [0.2, 0.25) is 0 Å². The molecule has 0 aliphatic carbocycles. The molecule has 1 N–H and O–H groups in total. The van der Waals surface area contributed by atoms with Gasteiger partial charge in [-0.05, 0) is 34.3 Å². The molecular formula is C9H8BrFN2O2. The van der Waals surface area contributed by atoms with Crippen LogP contribution >= 0.6 is 15.9 Å². The Morgan fingerprint density at radius 2 is 2.27 bits per heavy atom. The van der Waals surface area contributed by atoms with E-state index in [1.54, 1.807) is 7.05 Å². The molecule has 0 radical (unpaired) electrons. The molecule has 0 aliphatic rings. The number of rotatable bonds is 3. The lowest BCUT2D eigenvalue weighted by molar-refractivity contribution is -0.385. The maximum absolute atomic E-state index is 12.9. The van der Waals surface area contributed by atoms with Gasteiger partial charge in [-0.3, -0.25) is 10.1 Å². The normalized spacial score (nSPS) is 10.6. The Kier molecular flexibility index (Phi) is 3.79. The van der Waals surface area contributed by atoms with Crippen LogP contribution in [-0.2, 0) is 0 Å². The van der Waals surface area contributed by atoms with Crippen LogP contribution in [0.4, 0.5) is 10.1 Å². The average molecular weight is 275 g/mol. The minimum Gasteiger partial charge on any atom is -0.394 e. The van der Waals surface area contributed by atoms with Crippen LogP contribution in [0.15, 0.2) is 22.8 Å². The molecule has 0 unspecified atom stereocenters. The van der Waals surface area contributed by atoms with Crippen LogP contribution in [0.1, 0.15) is 5.56 Å². The Morgan fingerprint density at radius 3 is 2.80 bits per heavy atom. The highest BCUT2D eigenvalue weighted by Gasteiger charge is 2.16. The Hall–Kier alpha value is -1.43. The maximum Gasteiger partial charge on any atom is 0.280 e. The van der Waals surface area contributed by atoms with Crippen LogP contribution in [0.25, 0.3) is 6.08 Å². The van der Waals surface area contributed by atoms with Crippen molar-refractivity contribution >= 4 is 27.7 Å². The molecule has 4 nitrogen and oxygen atoms in total. The first-order valence-electron chi connectivity index (χ1n) is 4.03. The summed E-state index contributed by atoms with van der Waals surface area (Å²) in [5.41, 5.74) is 0.0594. The summed E-state index contributed by atoms with van der Waals surface area (Å²) in [7, 11) is 1.67. The van der Waals surface area contributed by atoms with E-state index in [9.17, 15) is 14.5 Å². The molecule has 0 aromatic heterocycles. The summed E-state index contributed by atoms with van der Waals surface area (Å²) in [6.45, 7) is 0. The zero-order valence-electron chi connectivity index (χ0n) is 7.83. The van der Waals surface area contributed by atoms with Crippen molar-refractivity contribution in [2.75, 3.05) is 7.05 Å². The Morgan fingerprint density at radius 1 is 1.60 bits per heavy atom. The molecule has 0 aliphatic heterocycles. The molecule has 6 heteroatoms. The van der Waals surface area contributed by atoms with E-state index < -0.39 is 10.7 Å². The third-order valence-corrected chi connectivity index (χ3v) is 2.34. The fraction of sp³-hybridized carbons (Fsp3) is 0.111. The summed E-state index contributed by atoms with van der Waals surface area (Å²) in [6, 6.07) is 2.07. The number of nitro benzene ring substituents is 1. The number of hydrogen-bond donors (Lipinski definition) is 1. The second-order valence-electron chi connectivity index (χ2n) is 2.70. The van der Waals surface area contributed by atoms with E-state index in [2.05, 4.69) is 21.2 Å². The number of nitrogens with one attached hydrogen (secondary N) is 1. The fourth-order valence-corrected chi connectivity index (χ4v) is 1.61. The first kappa shape index (κ1) is 11.6. The van der Waals surface area contributed by atoms with Crippen molar-refractivity contribution < 1.29 is 9.31 Å². The van der Waals surface area contributed by atoms with Gasteiger partial charge in [-0.15, -0.1) is 0 Å². The number of halogens is 2. The van der Waals surface area contributed by atoms with E-state index in [0.29, 0.717) is 10.0 Å². The zero-order valence-corrected chi connectivity index (χ0v) is 9.42. The van der Waals surface area contributed by atoms with Crippen molar-refractivity contribution in [3.8, 4) is 0 Å². The predicted molar refractivity (Wildman–Crippen MR) is 58.8 cm³/mol. The van der Waals surface area contributed by atoms with Gasteiger partial charge in [0, 0.05) is 11.5 Å². The largest absolute Gasteiger partial charge is 0.394 e. The summed E-state index contributed by atoms with van der Waals surface area (Å²) in [6.07, 6.45) is 3.03. The SMILES string of the molecule is CN/C=C/c1c(Br)cc(F)cc1[N+](=O)[O-]. The highest BCUT2D eigenvalue weighted by molar-refractivity contribution is 9.10. The summed E-state index contributed by atoms with van der Waals surface area (Å²) in [5.74, 6) is -0.643. The van der Waals surface area contributed by atoms with Crippen molar-refractivity contribution in [3.63, 3.8) is 0 Å². The number of nitro groups is 1. The van der Waals surface area contributed by atoms with Crippen LogP contribution in [0.5, 0.6) is 0 Å². The van der Waals surface area contributed by atoms with Gasteiger partial charge < -0.3 is 5.32 Å². The molecule has 0 atom stereocenters. The van der Waals surface area contributed by atoms with Gasteiger partial charge in [0.05, 0.1) is 16.6 Å². The lowest BCUT2D eigenvalue weighted by Gasteiger charge is -2.01. The minimum atomic E-state index is -0.643. The third kappa shape index (κ3) is 2.76. The van der Waals surface area contributed by atoms with Crippen molar-refractivity contribution in [2.45, 2.75) is 0 Å². The van der Waals surface area contributed by atoms with Crippen molar-refractivity contribution in [2.24, 2.45) is 0 Å². The summed E-state index contributed by atoms with van der Waals surface area (Å²) in [5, 5.41) is 13.4. The molecular weight excluding hydrogens is 267 g/mol. The van der Waals surface area contributed by atoms with E-state index in [1.807, 2.05) is 0 Å². The molecule has 0 fully saturated rings. The summed E-state index contributed by atoms with van der Waals surface area (Å²) in [4.78, 5) is 10.0. The quantitative estimate of drug-likeness (QED) is 0.681. The summed E-state index contributed by atoms with van der Waals surface area (Å²) < 4.78 is 13.3. The van der Waals surface area contributed by atoms with Gasteiger partial charge in [-0.2, -0.15) is 0 Å². The number of hydrogen-bond acceptors (Lipinski definition) is 3. The highest BCUT2D eigenvalue weighted by atomic mass is 79.9. The molecule has 0 bridgehead atoms. The third-order valence-electron chi connectivity index (χ3n) is 1.69. The van der Waals surface area contributed by atoms with Gasteiger partial charge in [-0.1, -0.05) is 0 Å². The molecule has 0 amide bonds.